The van der Waals surface area contributed by atoms with Crippen LogP contribution in [0.1, 0.15) is 23.0 Å². The highest BCUT2D eigenvalue weighted by Gasteiger charge is 2.16. The summed E-state index contributed by atoms with van der Waals surface area (Å²) >= 11 is 0. The molecule has 2 rings (SSSR count). The Bertz CT molecular complexity index is 644. The van der Waals surface area contributed by atoms with Gasteiger partial charge >= 0.3 is 6.61 Å². The van der Waals surface area contributed by atoms with Crippen LogP contribution in [0.4, 0.5) is 8.78 Å². The lowest BCUT2D eigenvalue weighted by Crippen LogP contribution is -2.25. The molecule has 0 aliphatic heterocycles. The summed E-state index contributed by atoms with van der Waals surface area (Å²) in [7, 11) is 1.62. The maximum Gasteiger partial charge on any atom is 0.387 e. The molecule has 1 aromatic heterocycles. The second-order valence-corrected chi connectivity index (χ2v) is 4.73. The van der Waals surface area contributed by atoms with Crippen molar-refractivity contribution in [1.82, 2.24) is 4.90 Å². The average molecular weight is 325 g/mol. The molecule has 1 heterocycles. The van der Waals surface area contributed by atoms with Gasteiger partial charge in [0.1, 0.15) is 0 Å². The number of rotatable bonds is 7. The van der Waals surface area contributed by atoms with Crippen LogP contribution in [0, 0.1) is 0 Å². The van der Waals surface area contributed by atoms with E-state index in [0.717, 1.165) is 5.56 Å². The summed E-state index contributed by atoms with van der Waals surface area (Å²) in [6, 6.07) is 7.78. The standard InChI is InChI=1S/C16H17F2NO4/c1-3-21-14-9-11(6-7-12(14)23-16(17)18)10-19(2)15(20)13-5-4-8-22-13/h4-9,16H,3,10H2,1-2H3. The Labute approximate surface area is 132 Å². The molecule has 0 fully saturated rings. The van der Waals surface area contributed by atoms with E-state index in [1.165, 1.54) is 17.2 Å². The first-order valence-electron chi connectivity index (χ1n) is 7.00. The van der Waals surface area contributed by atoms with Gasteiger partial charge in [-0.1, -0.05) is 6.07 Å². The maximum absolute atomic E-state index is 12.4. The third-order valence-electron chi connectivity index (χ3n) is 3.02. The lowest BCUT2D eigenvalue weighted by Gasteiger charge is -2.17. The first kappa shape index (κ1) is 16.8. The number of ether oxygens (including phenoxy) is 2. The van der Waals surface area contributed by atoms with Crippen LogP contribution < -0.4 is 9.47 Å². The van der Waals surface area contributed by atoms with Crippen molar-refractivity contribution in [3.63, 3.8) is 0 Å². The van der Waals surface area contributed by atoms with Crippen LogP contribution in [0.5, 0.6) is 11.5 Å². The number of carbonyl (C=O) groups is 1. The molecule has 0 unspecified atom stereocenters. The SMILES string of the molecule is CCOc1cc(CN(C)C(=O)c2ccco2)ccc1OC(F)F. The number of carbonyl (C=O) groups excluding carboxylic acids is 1. The van der Waals surface area contributed by atoms with Gasteiger partial charge in [-0.05, 0) is 36.8 Å². The van der Waals surface area contributed by atoms with E-state index in [2.05, 4.69) is 4.74 Å². The molecule has 0 N–H and O–H groups in total. The van der Waals surface area contributed by atoms with Crippen molar-refractivity contribution in [3.05, 3.63) is 47.9 Å². The van der Waals surface area contributed by atoms with Gasteiger partial charge in [0.15, 0.2) is 17.3 Å². The Kier molecular flexibility index (Phi) is 5.56. The first-order valence-corrected chi connectivity index (χ1v) is 7.00. The molecule has 0 aliphatic rings. The second-order valence-electron chi connectivity index (χ2n) is 4.73. The van der Waals surface area contributed by atoms with E-state index >= 15 is 0 Å². The number of furan rings is 1. The Morgan fingerprint density at radius 3 is 2.70 bits per heavy atom. The molecule has 23 heavy (non-hydrogen) atoms. The second kappa shape index (κ2) is 7.62. The van der Waals surface area contributed by atoms with Crippen molar-refractivity contribution >= 4 is 5.91 Å². The molecule has 0 bridgehead atoms. The number of hydrogen-bond donors (Lipinski definition) is 0. The molecular weight excluding hydrogens is 308 g/mol. The average Bonchev–Trinajstić information content (AvgIpc) is 3.03. The molecule has 1 amide bonds. The molecule has 0 saturated carbocycles. The zero-order chi connectivity index (χ0) is 16.8. The van der Waals surface area contributed by atoms with Crippen molar-refractivity contribution in [2.24, 2.45) is 0 Å². The van der Waals surface area contributed by atoms with E-state index < -0.39 is 6.61 Å². The lowest BCUT2D eigenvalue weighted by atomic mass is 10.2. The predicted octanol–water partition coefficient (Wildman–Crippen LogP) is 3.55. The minimum atomic E-state index is -2.93. The number of hydrogen-bond acceptors (Lipinski definition) is 4. The number of nitrogens with zero attached hydrogens (tertiary/aromatic N) is 1. The van der Waals surface area contributed by atoms with Crippen LogP contribution in [0.3, 0.4) is 0 Å². The Morgan fingerprint density at radius 1 is 1.30 bits per heavy atom. The van der Waals surface area contributed by atoms with E-state index in [0.29, 0.717) is 6.61 Å². The third kappa shape index (κ3) is 4.45. The van der Waals surface area contributed by atoms with Gasteiger partial charge in [-0.15, -0.1) is 0 Å². The van der Waals surface area contributed by atoms with Gasteiger partial charge in [0.05, 0.1) is 12.9 Å². The van der Waals surface area contributed by atoms with Gasteiger partial charge in [0.25, 0.3) is 5.91 Å². The molecule has 0 saturated heterocycles. The fourth-order valence-corrected chi connectivity index (χ4v) is 2.05. The largest absolute Gasteiger partial charge is 0.490 e. The van der Waals surface area contributed by atoms with Gasteiger partial charge in [0.2, 0.25) is 0 Å². The molecule has 0 radical (unpaired) electrons. The molecular formula is C16H17F2NO4. The molecule has 124 valence electrons. The summed E-state index contributed by atoms with van der Waals surface area (Å²) in [6.45, 7) is -0.604. The van der Waals surface area contributed by atoms with Crippen LogP contribution in [-0.4, -0.2) is 31.1 Å². The zero-order valence-electron chi connectivity index (χ0n) is 12.8. The highest BCUT2D eigenvalue weighted by molar-refractivity contribution is 5.91. The highest BCUT2D eigenvalue weighted by atomic mass is 19.3. The summed E-state index contributed by atoms with van der Waals surface area (Å²) in [5, 5.41) is 0. The van der Waals surface area contributed by atoms with Gasteiger partial charge in [-0.25, -0.2) is 0 Å². The van der Waals surface area contributed by atoms with E-state index in [1.54, 1.807) is 38.2 Å². The molecule has 0 atom stereocenters. The van der Waals surface area contributed by atoms with E-state index in [9.17, 15) is 13.6 Å². The number of halogens is 2. The van der Waals surface area contributed by atoms with Crippen LogP contribution in [-0.2, 0) is 6.54 Å². The Morgan fingerprint density at radius 2 is 2.09 bits per heavy atom. The van der Waals surface area contributed by atoms with E-state index in [-0.39, 0.29) is 29.7 Å². The summed E-state index contributed by atoms with van der Waals surface area (Å²) in [5.41, 5.74) is 0.720. The first-order chi connectivity index (χ1) is 11.0. The third-order valence-corrected chi connectivity index (χ3v) is 3.02. The fourth-order valence-electron chi connectivity index (χ4n) is 2.05. The van der Waals surface area contributed by atoms with Crippen LogP contribution in [0.25, 0.3) is 0 Å². The molecule has 7 heteroatoms. The summed E-state index contributed by atoms with van der Waals surface area (Å²) < 4.78 is 39.5. The van der Waals surface area contributed by atoms with Gasteiger partial charge in [-0.3, -0.25) is 4.79 Å². The highest BCUT2D eigenvalue weighted by Crippen LogP contribution is 2.30. The quantitative estimate of drug-likeness (QED) is 0.781. The van der Waals surface area contributed by atoms with E-state index in [4.69, 9.17) is 9.15 Å². The maximum atomic E-state index is 12.4. The Balaban J connectivity index is 2.13. The van der Waals surface area contributed by atoms with Crippen LogP contribution in [0.2, 0.25) is 0 Å². The van der Waals surface area contributed by atoms with Gasteiger partial charge < -0.3 is 18.8 Å². The lowest BCUT2D eigenvalue weighted by molar-refractivity contribution is -0.0514. The predicted molar refractivity (Wildman–Crippen MR) is 78.7 cm³/mol. The van der Waals surface area contributed by atoms with Crippen molar-refractivity contribution in [3.8, 4) is 11.5 Å². The molecule has 5 nitrogen and oxygen atoms in total. The van der Waals surface area contributed by atoms with Gasteiger partial charge in [-0.2, -0.15) is 8.78 Å². The number of alkyl halides is 2. The summed E-state index contributed by atoms with van der Waals surface area (Å²) in [5.74, 6) is 0.130. The van der Waals surface area contributed by atoms with Crippen molar-refractivity contribution < 1.29 is 27.5 Å². The summed E-state index contributed by atoms with van der Waals surface area (Å²) in [6.07, 6.45) is 1.42. The van der Waals surface area contributed by atoms with Crippen molar-refractivity contribution in [2.45, 2.75) is 20.1 Å². The molecule has 1 aromatic carbocycles. The minimum Gasteiger partial charge on any atom is -0.490 e. The molecule has 0 aliphatic carbocycles. The minimum absolute atomic E-state index is 0.0365. The number of benzene rings is 1. The molecule has 2 aromatic rings. The zero-order valence-corrected chi connectivity index (χ0v) is 12.8. The molecule has 0 spiro atoms. The fraction of sp³-hybridized carbons (Fsp3) is 0.312. The van der Waals surface area contributed by atoms with Crippen molar-refractivity contribution in [1.29, 1.82) is 0 Å². The normalized spacial score (nSPS) is 10.7. The van der Waals surface area contributed by atoms with E-state index in [1.807, 2.05) is 0 Å². The topological polar surface area (TPSA) is 51.9 Å². The Hall–Kier alpha value is -2.57. The van der Waals surface area contributed by atoms with Crippen molar-refractivity contribution in [2.75, 3.05) is 13.7 Å². The van der Waals surface area contributed by atoms with Gasteiger partial charge in [0, 0.05) is 13.6 Å². The monoisotopic (exact) mass is 325 g/mol. The number of amides is 1. The smallest absolute Gasteiger partial charge is 0.387 e. The van der Waals surface area contributed by atoms with Crippen LogP contribution in [0.15, 0.2) is 41.0 Å². The van der Waals surface area contributed by atoms with Crippen LogP contribution >= 0.6 is 0 Å². The summed E-state index contributed by atoms with van der Waals surface area (Å²) in [4.78, 5) is 13.6.